The summed E-state index contributed by atoms with van der Waals surface area (Å²) in [7, 11) is 0. The fourth-order valence-electron chi connectivity index (χ4n) is 1.58. The first-order valence-corrected chi connectivity index (χ1v) is 6.09. The van der Waals surface area contributed by atoms with Gasteiger partial charge in [-0.25, -0.2) is 4.99 Å². The van der Waals surface area contributed by atoms with Gasteiger partial charge in [-0.15, -0.1) is 0 Å². The SMILES string of the molecule is CC(C)(C)C(Cl)=Nc1cccc2ccccc12. The summed E-state index contributed by atoms with van der Waals surface area (Å²) >= 11 is 6.24. The van der Waals surface area contributed by atoms with Crippen molar-refractivity contribution in [3.8, 4) is 0 Å². The van der Waals surface area contributed by atoms with E-state index in [1.807, 2.05) is 24.3 Å². The number of hydrogen-bond acceptors (Lipinski definition) is 1. The Kier molecular flexibility index (Phi) is 3.21. The quantitative estimate of drug-likeness (QED) is 0.616. The standard InChI is InChI=1S/C15H16ClN/c1-15(2,3)14(16)17-13-10-6-8-11-7-4-5-9-12(11)13/h4-10H,1-3H3. The lowest BCUT2D eigenvalue weighted by Gasteiger charge is -2.16. The fraction of sp³-hybridized carbons (Fsp3) is 0.267. The minimum absolute atomic E-state index is 0.113. The second-order valence-electron chi connectivity index (χ2n) is 5.15. The summed E-state index contributed by atoms with van der Waals surface area (Å²) in [5.41, 5.74) is 0.821. The first kappa shape index (κ1) is 12.1. The van der Waals surface area contributed by atoms with Gasteiger partial charge in [0.2, 0.25) is 0 Å². The molecule has 0 bridgehead atoms. The largest absolute Gasteiger partial charge is 0.240 e. The third kappa shape index (κ3) is 2.67. The van der Waals surface area contributed by atoms with Gasteiger partial charge in [-0.1, -0.05) is 68.8 Å². The zero-order valence-electron chi connectivity index (χ0n) is 10.4. The Balaban J connectivity index is 2.57. The first-order chi connectivity index (χ1) is 7.98. The number of fused-ring (bicyclic) bond motifs is 1. The number of halogens is 1. The van der Waals surface area contributed by atoms with Crippen molar-refractivity contribution >= 4 is 33.2 Å². The van der Waals surface area contributed by atoms with Crippen molar-refractivity contribution in [2.24, 2.45) is 10.4 Å². The molecule has 0 unspecified atom stereocenters. The molecule has 0 atom stereocenters. The van der Waals surface area contributed by atoms with Crippen molar-refractivity contribution in [2.45, 2.75) is 20.8 Å². The summed E-state index contributed by atoms with van der Waals surface area (Å²) in [6, 6.07) is 14.3. The molecule has 0 amide bonds. The molecular formula is C15H16ClN. The Morgan fingerprint density at radius 3 is 2.35 bits per heavy atom. The zero-order chi connectivity index (χ0) is 12.5. The molecule has 0 aliphatic rings. The molecule has 2 aromatic carbocycles. The molecule has 0 saturated heterocycles. The van der Waals surface area contributed by atoms with E-state index >= 15 is 0 Å². The van der Waals surface area contributed by atoms with Gasteiger partial charge in [0.1, 0.15) is 5.17 Å². The number of aliphatic imine (C=N–C) groups is 1. The van der Waals surface area contributed by atoms with Gasteiger partial charge in [0.05, 0.1) is 5.69 Å². The van der Waals surface area contributed by atoms with Crippen molar-refractivity contribution in [2.75, 3.05) is 0 Å². The Bertz CT molecular complexity index is 559. The highest BCUT2D eigenvalue weighted by atomic mass is 35.5. The maximum absolute atomic E-state index is 6.24. The average Bonchev–Trinajstić information content (AvgIpc) is 2.28. The highest BCUT2D eigenvalue weighted by molar-refractivity contribution is 6.66. The molecule has 17 heavy (non-hydrogen) atoms. The lowest BCUT2D eigenvalue weighted by molar-refractivity contribution is 0.601. The van der Waals surface area contributed by atoms with E-state index in [0.717, 1.165) is 11.1 Å². The van der Waals surface area contributed by atoms with Gasteiger partial charge in [-0.2, -0.15) is 0 Å². The van der Waals surface area contributed by atoms with Gasteiger partial charge in [0.25, 0.3) is 0 Å². The molecule has 1 nitrogen and oxygen atoms in total. The molecule has 0 heterocycles. The molecule has 88 valence electrons. The van der Waals surface area contributed by atoms with Gasteiger partial charge in [-0.3, -0.25) is 0 Å². The van der Waals surface area contributed by atoms with Crippen LogP contribution in [0.15, 0.2) is 47.5 Å². The third-order valence-corrected chi connectivity index (χ3v) is 3.26. The average molecular weight is 246 g/mol. The lowest BCUT2D eigenvalue weighted by atomic mass is 9.98. The molecular weight excluding hydrogens is 230 g/mol. The van der Waals surface area contributed by atoms with E-state index < -0.39 is 0 Å². The Morgan fingerprint density at radius 2 is 1.65 bits per heavy atom. The molecule has 0 aromatic heterocycles. The van der Waals surface area contributed by atoms with E-state index in [0.29, 0.717) is 5.17 Å². The molecule has 0 aliphatic heterocycles. The second kappa shape index (κ2) is 4.50. The highest BCUT2D eigenvalue weighted by Gasteiger charge is 2.16. The predicted octanol–water partition coefficient (Wildman–Crippen LogP) is 5.15. The van der Waals surface area contributed by atoms with Crippen LogP contribution in [0.5, 0.6) is 0 Å². The molecule has 2 rings (SSSR count). The molecule has 2 heteroatoms. The van der Waals surface area contributed by atoms with Crippen LogP contribution in [0.4, 0.5) is 5.69 Å². The molecule has 0 spiro atoms. The molecule has 0 aliphatic carbocycles. The van der Waals surface area contributed by atoms with Crippen molar-refractivity contribution in [1.82, 2.24) is 0 Å². The van der Waals surface area contributed by atoms with Crippen LogP contribution in [0.25, 0.3) is 10.8 Å². The summed E-state index contributed by atoms with van der Waals surface area (Å²) in [5.74, 6) is 0. The summed E-state index contributed by atoms with van der Waals surface area (Å²) < 4.78 is 0. The Morgan fingerprint density at radius 1 is 1.00 bits per heavy atom. The summed E-state index contributed by atoms with van der Waals surface area (Å²) in [6.07, 6.45) is 0. The molecule has 0 radical (unpaired) electrons. The van der Waals surface area contributed by atoms with Crippen molar-refractivity contribution in [1.29, 1.82) is 0 Å². The van der Waals surface area contributed by atoms with Crippen LogP contribution in [0.1, 0.15) is 20.8 Å². The fourth-order valence-corrected chi connectivity index (χ4v) is 1.67. The molecule has 0 saturated carbocycles. The normalized spacial score (nSPS) is 13.1. The zero-order valence-corrected chi connectivity index (χ0v) is 11.1. The van der Waals surface area contributed by atoms with Gasteiger partial charge in [-0.05, 0) is 11.5 Å². The van der Waals surface area contributed by atoms with Crippen molar-refractivity contribution < 1.29 is 0 Å². The second-order valence-corrected chi connectivity index (χ2v) is 5.51. The van der Waals surface area contributed by atoms with Crippen LogP contribution in [0, 0.1) is 5.41 Å². The van der Waals surface area contributed by atoms with E-state index in [9.17, 15) is 0 Å². The van der Waals surface area contributed by atoms with Gasteiger partial charge < -0.3 is 0 Å². The Labute approximate surface area is 107 Å². The van der Waals surface area contributed by atoms with E-state index in [2.05, 4.69) is 44.0 Å². The van der Waals surface area contributed by atoms with E-state index in [4.69, 9.17) is 11.6 Å². The van der Waals surface area contributed by atoms with Crippen molar-refractivity contribution in [3.05, 3.63) is 42.5 Å². The van der Waals surface area contributed by atoms with Crippen LogP contribution in [0.3, 0.4) is 0 Å². The van der Waals surface area contributed by atoms with Crippen LogP contribution in [0.2, 0.25) is 0 Å². The monoisotopic (exact) mass is 245 g/mol. The van der Waals surface area contributed by atoms with Crippen molar-refractivity contribution in [3.63, 3.8) is 0 Å². The van der Waals surface area contributed by atoms with Crippen LogP contribution >= 0.6 is 11.6 Å². The maximum atomic E-state index is 6.24. The maximum Gasteiger partial charge on any atom is 0.112 e. The van der Waals surface area contributed by atoms with Crippen LogP contribution in [-0.4, -0.2) is 5.17 Å². The van der Waals surface area contributed by atoms with E-state index in [1.54, 1.807) is 0 Å². The van der Waals surface area contributed by atoms with Crippen LogP contribution < -0.4 is 0 Å². The number of rotatable bonds is 1. The number of benzene rings is 2. The summed E-state index contributed by atoms with van der Waals surface area (Å²) in [6.45, 7) is 6.18. The van der Waals surface area contributed by atoms with E-state index in [-0.39, 0.29) is 5.41 Å². The smallest absolute Gasteiger partial charge is 0.112 e. The third-order valence-electron chi connectivity index (χ3n) is 2.60. The first-order valence-electron chi connectivity index (χ1n) is 5.71. The highest BCUT2D eigenvalue weighted by Crippen LogP contribution is 2.29. The van der Waals surface area contributed by atoms with Gasteiger partial charge in [0, 0.05) is 10.8 Å². The summed E-state index contributed by atoms with van der Waals surface area (Å²) in [5, 5.41) is 2.96. The van der Waals surface area contributed by atoms with E-state index in [1.165, 1.54) is 5.39 Å². The number of hydrogen-bond donors (Lipinski definition) is 0. The summed E-state index contributed by atoms with van der Waals surface area (Å²) in [4.78, 5) is 4.54. The van der Waals surface area contributed by atoms with Gasteiger partial charge in [0.15, 0.2) is 0 Å². The minimum Gasteiger partial charge on any atom is -0.240 e. The van der Waals surface area contributed by atoms with Crippen LogP contribution in [-0.2, 0) is 0 Å². The topological polar surface area (TPSA) is 12.4 Å². The Hall–Kier alpha value is -1.34. The molecule has 0 fully saturated rings. The molecule has 2 aromatic rings. The number of nitrogens with zero attached hydrogens (tertiary/aromatic N) is 1. The predicted molar refractivity (Wildman–Crippen MR) is 76.4 cm³/mol. The van der Waals surface area contributed by atoms with Gasteiger partial charge >= 0.3 is 0 Å². The minimum atomic E-state index is -0.113. The molecule has 0 N–H and O–H groups in total. The lowest BCUT2D eigenvalue weighted by Crippen LogP contribution is -2.13.